The minimum absolute atomic E-state index is 0.0806. The van der Waals surface area contributed by atoms with E-state index in [2.05, 4.69) is 36.3 Å². The van der Waals surface area contributed by atoms with Gasteiger partial charge in [0.05, 0.1) is 36.6 Å². The summed E-state index contributed by atoms with van der Waals surface area (Å²) in [4.78, 5) is 33.2. The predicted molar refractivity (Wildman–Crippen MR) is 147 cm³/mol. The summed E-state index contributed by atoms with van der Waals surface area (Å²) >= 11 is 1.54. The minimum atomic E-state index is -0.431. The van der Waals surface area contributed by atoms with Gasteiger partial charge in [0.2, 0.25) is 11.8 Å². The highest BCUT2D eigenvalue weighted by atomic mass is 32.1. The van der Waals surface area contributed by atoms with Crippen molar-refractivity contribution < 1.29 is 19.1 Å². The van der Waals surface area contributed by atoms with Gasteiger partial charge < -0.3 is 19.7 Å². The van der Waals surface area contributed by atoms with Crippen LogP contribution in [-0.2, 0) is 25.5 Å². The fourth-order valence-corrected chi connectivity index (χ4v) is 5.93. The number of amides is 2. The Morgan fingerprint density at radius 1 is 1.19 bits per heavy atom. The van der Waals surface area contributed by atoms with Crippen LogP contribution in [0.2, 0.25) is 0 Å². The molecule has 204 valence electrons. The van der Waals surface area contributed by atoms with Gasteiger partial charge >= 0.3 is 0 Å². The highest BCUT2D eigenvalue weighted by Gasteiger charge is 2.40. The van der Waals surface area contributed by atoms with Gasteiger partial charge in [-0.2, -0.15) is 0 Å². The predicted octanol–water partition coefficient (Wildman–Crippen LogP) is 5.03. The van der Waals surface area contributed by atoms with Crippen molar-refractivity contribution in [1.82, 2.24) is 15.2 Å². The Balaban J connectivity index is 1.68. The second-order valence-corrected chi connectivity index (χ2v) is 11.1. The molecule has 1 aromatic heterocycles. The molecule has 7 nitrogen and oxygen atoms in total. The fourth-order valence-electron chi connectivity index (χ4n) is 5.24. The van der Waals surface area contributed by atoms with E-state index in [0.29, 0.717) is 25.3 Å². The van der Waals surface area contributed by atoms with Crippen LogP contribution < -0.4 is 5.32 Å². The van der Waals surface area contributed by atoms with Crippen molar-refractivity contribution in [2.45, 2.75) is 83.6 Å². The maximum absolute atomic E-state index is 13.5. The van der Waals surface area contributed by atoms with Gasteiger partial charge in [-0.15, -0.1) is 11.3 Å². The molecule has 1 fully saturated rings. The van der Waals surface area contributed by atoms with E-state index >= 15 is 0 Å². The molecule has 6 atom stereocenters. The largest absolute Gasteiger partial charge is 0.381 e. The van der Waals surface area contributed by atoms with Crippen LogP contribution in [-0.4, -0.2) is 60.7 Å². The second-order valence-electron chi connectivity index (χ2n) is 10.2. The van der Waals surface area contributed by atoms with E-state index in [9.17, 15) is 9.59 Å². The number of ether oxygens (including phenoxy) is 2. The number of likely N-dealkylation sites (tertiary alicyclic amines) is 1. The molecule has 1 aliphatic rings. The molecule has 1 N–H and O–H groups in total. The maximum Gasteiger partial charge on any atom is 0.226 e. The van der Waals surface area contributed by atoms with E-state index in [4.69, 9.17) is 9.47 Å². The minimum Gasteiger partial charge on any atom is -0.381 e. The molecule has 0 spiro atoms. The van der Waals surface area contributed by atoms with Gasteiger partial charge in [0.1, 0.15) is 5.01 Å². The summed E-state index contributed by atoms with van der Waals surface area (Å²) in [5.74, 6) is 0.0649. The second kappa shape index (κ2) is 14.6. The first kappa shape index (κ1) is 29.3. The smallest absolute Gasteiger partial charge is 0.226 e. The van der Waals surface area contributed by atoms with Crippen LogP contribution in [0, 0.1) is 11.8 Å². The molecular formula is C29H43N3O4S. The maximum atomic E-state index is 13.5. The molecule has 2 heterocycles. The number of nitrogens with zero attached hydrogens (tertiary/aromatic N) is 2. The van der Waals surface area contributed by atoms with Gasteiger partial charge in [0.15, 0.2) is 0 Å². The van der Waals surface area contributed by atoms with Crippen LogP contribution >= 0.6 is 11.3 Å². The summed E-state index contributed by atoms with van der Waals surface area (Å²) in [7, 11) is 3.32. The summed E-state index contributed by atoms with van der Waals surface area (Å²) < 4.78 is 11.5. The monoisotopic (exact) mass is 529 g/mol. The highest BCUT2D eigenvalue weighted by Crippen LogP contribution is 2.29. The van der Waals surface area contributed by atoms with E-state index in [1.165, 1.54) is 11.3 Å². The van der Waals surface area contributed by atoms with Crippen LogP contribution in [0.25, 0.3) is 0 Å². The van der Waals surface area contributed by atoms with Crippen LogP contribution in [0.4, 0.5) is 0 Å². The Labute approximate surface area is 226 Å². The first-order valence-corrected chi connectivity index (χ1v) is 14.3. The van der Waals surface area contributed by atoms with Crippen LogP contribution in [0.15, 0.2) is 41.9 Å². The first-order chi connectivity index (χ1) is 17.9. The molecule has 2 aromatic rings. The summed E-state index contributed by atoms with van der Waals surface area (Å²) in [5.41, 5.74) is 1.14. The summed E-state index contributed by atoms with van der Waals surface area (Å²) in [6, 6.07) is 9.76. The molecule has 0 radical (unpaired) electrons. The van der Waals surface area contributed by atoms with E-state index in [1.54, 1.807) is 20.4 Å². The molecule has 2 amide bonds. The van der Waals surface area contributed by atoms with Crippen LogP contribution in [0.5, 0.6) is 0 Å². The molecule has 8 heteroatoms. The normalized spacial score (nSPS) is 19.7. The lowest BCUT2D eigenvalue weighted by Crippen LogP contribution is -2.50. The van der Waals surface area contributed by atoms with Gasteiger partial charge in [-0.05, 0) is 37.2 Å². The summed E-state index contributed by atoms with van der Waals surface area (Å²) in [6.45, 7) is 6.93. The Kier molecular flexibility index (Phi) is 11.5. The fraction of sp³-hybridized carbons (Fsp3) is 0.621. The van der Waals surface area contributed by atoms with Gasteiger partial charge in [-0.25, -0.2) is 4.98 Å². The molecule has 0 bridgehead atoms. The van der Waals surface area contributed by atoms with E-state index in [1.807, 2.05) is 35.4 Å². The van der Waals surface area contributed by atoms with E-state index in [0.717, 1.165) is 36.3 Å². The number of aromatic nitrogens is 1. The molecule has 0 unspecified atom stereocenters. The topological polar surface area (TPSA) is 80.8 Å². The van der Waals surface area contributed by atoms with Crippen LogP contribution in [0.3, 0.4) is 0 Å². The molecule has 0 saturated carbocycles. The van der Waals surface area contributed by atoms with Crippen molar-refractivity contribution in [2.75, 3.05) is 20.8 Å². The number of carbonyl (C=O) groups is 2. The third-order valence-corrected chi connectivity index (χ3v) is 8.51. The Morgan fingerprint density at radius 2 is 1.95 bits per heavy atom. The van der Waals surface area contributed by atoms with Crippen molar-refractivity contribution >= 4 is 23.2 Å². The van der Waals surface area contributed by atoms with Crippen molar-refractivity contribution in [1.29, 1.82) is 0 Å². The molecule has 0 aliphatic carbocycles. The number of rotatable bonds is 14. The number of methoxy groups -OCH3 is 2. The van der Waals surface area contributed by atoms with Crippen molar-refractivity contribution in [3.05, 3.63) is 52.5 Å². The molecule has 1 aliphatic heterocycles. The lowest BCUT2D eigenvalue weighted by Gasteiger charge is -2.35. The third-order valence-electron chi connectivity index (χ3n) is 7.62. The lowest BCUT2D eigenvalue weighted by atomic mass is 9.93. The average Bonchev–Trinajstić information content (AvgIpc) is 3.62. The van der Waals surface area contributed by atoms with Gasteiger partial charge in [0, 0.05) is 32.3 Å². The standard InChI is InChI=1S/C29H43N3O4S/c1-6-20(2)17-23(35-4)19-26(33)32-15-10-13-25(32)27(36-5)21(3)28(34)31-24(29-30-14-16-37-29)18-22-11-8-7-9-12-22/h7-9,11-12,14,16,20-21,23-25,27H,6,10,13,15,17-19H2,1-5H3,(H,31,34)/t20-,21+,23-,24-,25-,27+/m0/s1. The third kappa shape index (κ3) is 8.09. The molecule has 1 aromatic carbocycles. The number of thiazole rings is 1. The Bertz CT molecular complexity index is 955. The van der Waals surface area contributed by atoms with Crippen molar-refractivity contribution in [3.63, 3.8) is 0 Å². The van der Waals surface area contributed by atoms with Crippen molar-refractivity contribution in [3.8, 4) is 0 Å². The SMILES string of the molecule is CC[C@H](C)C[C@@H](CC(=O)N1CCC[C@H]1[C@H](OC)[C@@H](C)C(=O)N[C@@H](Cc1ccccc1)c1nccs1)OC. The summed E-state index contributed by atoms with van der Waals surface area (Å²) in [6.07, 6.45) is 5.95. The molecular weight excluding hydrogens is 486 g/mol. The quantitative estimate of drug-likeness (QED) is 0.371. The zero-order valence-corrected chi connectivity index (χ0v) is 23.7. The number of hydrogen-bond donors (Lipinski definition) is 1. The first-order valence-electron chi connectivity index (χ1n) is 13.5. The zero-order valence-electron chi connectivity index (χ0n) is 22.9. The average molecular weight is 530 g/mol. The zero-order chi connectivity index (χ0) is 26.8. The van der Waals surface area contributed by atoms with E-state index < -0.39 is 12.0 Å². The number of nitrogens with one attached hydrogen (secondary N) is 1. The summed E-state index contributed by atoms with van der Waals surface area (Å²) in [5, 5.41) is 6.03. The molecule has 37 heavy (non-hydrogen) atoms. The Hall–Kier alpha value is -2.29. The van der Waals surface area contributed by atoms with Gasteiger partial charge in [-0.3, -0.25) is 9.59 Å². The van der Waals surface area contributed by atoms with Crippen LogP contribution in [0.1, 0.15) is 69.5 Å². The Morgan fingerprint density at radius 3 is 2.57 bits per heavy atom. The lowest BCUT2D eigenvalue weighted by molar-refractivity contribution is -0.142. The molecule has 3 rings (SSSR count). The number of hydrogen-bond acceptors (Lipinski definition) is 6. The van der Waals surface area contributed by atoms with Gasteiger partial charge in [0.25, 0.3) is 0 Å². The van der Waals surface area contributed by atoms with Gasteiger partial charge in [-0.1, -0.05) is 57.5 Å². The highest BCUT2D eigenvalue weighted by molar-refractivity contribution is 7.09. The number of benzene rings is 1. The van der Waals surface area contributed by atoms with E-state index in [-0.39, 0.29) is 30.0 Å². The molecule has 1 saturated heterocycles. The van der Waals surface area contributed by atoms with Crippen molar-refractivity contribution in [2.24, 2.45) is 11.8 Å². The number of carbonyl (C=O) groups excluding carboxylic acids is 2.